The second kappa shape index (κ2) is 9.83. The van der Waals surface area contributed by atoms with Crippen LogP contribution in [0.15, 0.2) is 49.2 Å². The predicted molar refractivity (Wildman–Crippen MR) is 151 cm³/mol. The van der Waals surface area contributed by atoms with Crippen molar-refractivity contribution in [1.82, 2.24) is 15.2 Å². The highest BCUT2D eigenvalue weighted by atomic mass is 32.2. The largest absolute Gasteiger partial charge is 0.491 e. The van der Waals surface area contributed by atoms with Crippen LogP contribution >= 0.6 is 0 Å². The Hall–Kier alpha value is -3.21. The zero-order chi connectivity index (χ0) is 27.2. The quantitative estimate of drug-likeness (QED) is 0.398. The number of carbonyl (C=O) groups excluding carboxylic acids is 1. The second-order valence-corrected chi connectivity index (χ2v) is 12.6. The van der Waals surface area contributed by atoms with Gasteiger partial charge in [-0.3, -0.25) is 14.5 Å². The van der Waals surface area contributed by atoms with Crippen LogP contribution in [0.5, 0.6) is 5.75 Å². The number of likely N-dealkylation sites (N-methyl/N-ethyl adjacent to an activating group) is 1. The number of nitrogens with zero attached hydrogens (tertiary/aromatic N) is 2. The van der Waals surface area contributed by atoms with Crippen LogP contribution in [-0.2, 0) is 15.6 Å². The first-order valence-electron chi connectivity index (χ1n) is 12.5. The molecule has 1 aliphatic carbocycles. The summed E-state index contributed by atoms with van der Waals surface area (Å²) in [5.74, 6) is 0.0442. The van der Waals surface area contributed by atoms with E-state index in [9.17, 15) is 13.2 Å². The summed E-state index contributed by atoms with van der Waals surface area (Å²) < 4.78 is 32.8. The first kappa shape index (κ1) is 26.4. The normalized spacial score (nSPS) is 19.3. The van der Waals surface area contributed by atoms with Gasteiger partial charge in [0.05, 0.1) is 39.0 Å². The van der Waals surface area contributed by atoms with Crippen molar-refractivity contribution in [2.75, 3.05) is 24.6 Å². The summed E-state index contributed by atoms with van der Waals surface area (Å²) in [6.07, 6.45) is 7.19. The molecule has 1 saturated carbocycles. The number of nitrogens with one attached hydrogen (secondary N) is 2. The van der Waals surface area contributed by atoms with Crippen LogP contribution in [0.25, 0.3) is 17.0 Å². The van der Waals surface area contributed by atoms with E-state index in [1.54, 1.807) is 31.3 Å². The molecule has 38 heavy (non-hydrogen) atoms. The Morgan fingerprint density at radius 2 is 2.08 bits per heavy atom. The zero-order valence-electron chi connectivity index (χ0n) is 21.7. The van der Waals surface area contributed by atoms with Crippen molar-refractivity contribution in [3.8, 4) is 5.75 Å². The lowest BCUT2D eigenvalue weighted by molar-refractivity contribution is 0.0566. The summed E-state index contributed by atoms with van der Waals surface area (Å²) >= 11 is 0. The van der Waals surface area contributed by atoms with Gasteiger partial charge in [-0.05, 0) is 86.8 Å². The second-order valence-electron chi connectivity index (χ2n) is 10.3. The Kier molecular flexibility index (Phi) is 6.83. The number of hydrogen-bond donors (Lipinski definition) is 2. The molecule has 1 aliphatic heterocycles. The molecule has 0 bridgehead atoms. The van der Waals surface area contributed by atoms with Crippen LogP contribution in [0.2, 0.25) is 0 Å². The lowest BCUT2D eigenvalue weighted by Crippen LogP contribution is -2.54. The number of ether oxygens (including phenoxy) is 1. The summed E-state index contributed by atoms with van der Waals surface area (Å²) in [7, 11) is 2.10. The predicted octanol–water partition coefficient (Wildman–Crippen LogP) is 3.55. The van der Waals surface area contributed by atoms with Crippen molar-refractivity contribution in [1.29, 1.82) is 0 Å². The van der Waals surface area contributed by atoms with E-state index in [-0.39, 0.29) is 17.7 Å². The third kappa shape index (κ3) is 5.20. The van der Waals surface area contributed by atoms with Crippen molar-refractivity contribution in [3.05, 3.63) is 71.4 Å². The molecular formula is C28H31N4O4SSi. The molecule has 8 nitrogen and oxygen atoms in total. The monoisotopic (exact) mass is 547 g/mol. The molecule has 2 aromatic carbocycles. The molecule has 3 aromatic rings. The van der Waals surface area contributed by atoms with Gasteiger partial charge in [0.15, 0.2) is 0 Å². The Morgan fingerprint density at radius 3 is 2.68 bits per heavy atom. The number of rotatable bonds is 9. The molecule has 2 aliphatic rings. The number of aromatic nitrogens is 1. The summed E-state index contributed by atoms with van der Waals surface area (Å²) in [4.78, 5) is 20.4. The van der Waals surface area contributed by atoms with E-state index in [0.29, 0.717) is 22.6 Å². The van der Waals surface area contributed by atoms with Crippen molar-refractivity contribution in [3.63, 3.8) is 0 Å². The van der Waals surface area contributed by atoms with Crippen LogP contribution < -0.4 is 14.8 Å². The molecule has 10 heteroatoms. The minimum Gasteiger partial charge on any atom is -0.491 e. The zero-order valence-corrected chi connectivity index (χ0v) is 23.6. The van der Waals surface area contributed by atoms with E-state index < -0.39 is 15.6 Å². The fourth-order valence-corrected chi connectivity index (χ4v) is 6.14. The molecule has 2 atom stereocenters. The maximum atomic E-state index is 13.7. The van der Waals surface area contributed by atoms with E-state index in [2.05, 4.69) is 42.8 Å². The number of aryl methyl sites for hydroxylation is 1. The van der Waals surface area contributed by atoms with Gasteiger partial charge in [0.25, 0.3) is 5.91 Å². The summed E-state index contributed by atoms with van der Waals surface area (Å²) in [5, 5.41) is 4.27. The first-order valence-corrected chi connectivity index (χ1v) is 15.0. The molecule has 0 spiro atoms. The highest BCUT2D eigenvalue weighted by Gasteiger charge is 2.47. The standard InChI is InChI=1S/C28H31N4O4SSi/c1-5-18-14-21(19-7-6-11-29-22(19)15-18)28(9-10-28)30-26(33)20-16-25(36-27(38)24-8-12-32(24)3)23(13-17(20)2)31-37(4,34)35/h5-7,11,13-16,24,27,31H,1,8-10,12H2,2-4H3,(H,30,33)/t24-,27-/m0/s1. The number of anilines is 1. The molecular weight excluding hydrogens is 516 g/mol. The lowest BCUT2D eigenvalue weighted by Gasteiger charge is -2.41. The molecule has 3 radical (unpaired) electrons. The van der Waals surface area contributed by atoms with E-state index in [4.69, 9.17) is 4.74 Å². The minimum atomic E-state index is -3.56. The number of hydrogen-bond acceptors (Lipinski definition) is 6. The molecule has 2 N–H and O–H groups in total. The fraction of sp³-hybridized carbons (Fsp3) is 0.357. The molecule has 5 rings (SSSR count). The smallest absolute Gasteiger partial charge is 0.252 e. The van der Waals surface area contributed by atoms with E-state index in [1.165, 1.54) is 0 Å². The number of likely N-dealkylation sites (tertiary alicyclic amines) is 1. The van der Waals surface area contributed by atoms with Gasteiger partial charge in [0.1, 0.15) is 5.75 Å². The highest BCUT2D eigenvalue weighted by Crippen LogP contribution is 2.48. The molecule has 2 fully saturated rings. The van der Waals surface area contributed by atoms with E-state index >= 15 is 0 Å². The van der Waals surface area contributed by atoms with E-state index in [1.807, 2.05) is 25.2 Å². The molecule has 1 saturated heterocycles. The number of benzene rings is 2. The molecule has 1 amide bonds. The topological polar surface area (TPSA) is 101 Å². The lowest BCUT2D eigenvalue weighted by atomic mass is 9.95. The van der Waals surface area contributed by atoms with Gasteiger partial charge in [-0.15, -0.1) is 0 Å². The van der Waals surface area contributed by atoms with Gasteiger partial charge in [-0.1, -0.05) is 18.7 Å². The van der Waals surface area contributed by atoms with Gasteiger partial charge < -0.3 is 15.0 Å². The minimum absolute atomic E-state index is 0.144. The third-order valence-corrected chi connectivity index (χ3v) is 8.50. The van der Waals surface area contributed by atoms with Crippen LogP contribution in [0.3, 0.4) is 0 Å². The van der Waals surface area contributed by atoms with Crippen molar-refractivity contribution in [2.24, 2.45) is 0 Å². The fourth-order valence-electron chi connectivity index (χ4n) is 5.03. The maximum Gasteiger partial charge on any atom is 0.252 e. The van der Waals surface area contributed by atoms with Crippen molar-refractivity contribution in [2.45, 2.75) is 43.5 Å². The average molecular weight is 548 g/mol. The van der Waals surface area contributed by atoms with Gasteiger partial charge in [0, 0.05) is 23.2 Å². The van der Waals surface area contributed by atoms with Crippen molar-refractivity contribution >= 4 is 48.8 Å². The number of sulfonamides is 1. The number of amides is 1. The maximum absolute atomic E-state index is 13.7. The van der Waals surface area contributed by atoms with Gasteiger partial charge >= 0.3 is 0 Å². The molecule has 1 aromatic heterocycles. The van der Waals surface area contributed by atoms with Crippen LogP contribution in [0.1, 0.15) is 46.3 Å². The Labute approximate surface area is 226 Å². The number of fused-ring (bicyclic) bond motifs is 1. The van der Waals surface area contributed by atoms with Gasteiger partial charge in [-0.2, -0.15) is 0 Å². The van der Waals surface area contributed by atoms with Crippen molar-refractivity contribution < 1.29 is 17.9 Å². The first-order chi connectivity index (χ1) is 18.0. The molecule has 0 unspecified atom stereocenters. The average Bonchev–Trinajstić information content (AvgIpc) is 3.63. The summed E-state index contributed by atoms with van der Waals surface area (Å²) in [5.41, 5.74) is 3.28. The molecule has 2 heterocycles. The van der Waals surface area contributed by atoms with E-state index in [0.717, 1.165) is 54.1 Å². The third-order valence-electron chi connectivity index (χ3n) is 7.41. The molecule has 197 valence electrons. The summed E-state index contributed by atoms with van der Waals surface area (Å²) in [6.45, 7) is 6.66. The number of pyridine rings is 1. The number of carbonyl (C=O) groups is 1. The highest BCUT2D eigenvalue weighted by molar-refractivity contribution is 7.92. The van der Waals surface area contributed by atoms with Crippen LogP contribution in [-0.4, -0.2) is 66.1 Å². The van der Waals surface area contributed by atoms with Crippen LogP contribution in [0.4, 0.5) is 5.69 Å². The summed E-state index contributed by atoms with van der Waals surface area (Å²) in [6, 6.07) is 11.4. The SMILES string of the molecule is C=Cc1cc(C2(NC(=O)c3cc(O[C@@H]([Si])[C@@H]4CCN4C)c(NS(C)(=O)=O)cc3C)CC2)c2cccnc2c1. The Morgan fingerprint density at radius 1 is 1.32 bits per heavy atom. The Bertz CT molecular complexity index is 1540. The van der Waals surface area contributed by atoms with Gasteiger partial charge in [0.2, 0.25) is 10.0 Å². The van der Waals surface area contributed by atoms with Crippen LogP contribution in [0, 0.1) is 6.92 Å². The Balaban J connectivity index is 1.49. The van der Waals surface area contributed by atoms with Gasteiger partial charge in [-0.25, -0.2) is 8.42 Å².